The summed E-state index contributed by atoms with van der Waals surface area (Å²) in [6.07, 6.45) is 1.32. The lowest BCUT2D eigenvalue weighted by Crippen LogP contribution is -2.10. The van der Waals surface area contributed by atoms with Gasteiger partial charge in [0.1, 0.15) is 16.7 Å². The summed E-state index contributed by atoms with van der Waals surface area (Å²) in [5.41, 5.74) is 0. The molecule has 1 heterocycles. The van der Waals surface area contributed by atoms with Crippen LogP contribution in [-0.4, -0.2) is 20.4 Å². The minimum Gasteiger partial charge on any atom is -0.481 e. The number of aryl methyl sites for hydroxylation is 1. The molecule has 5 heteroatoms. The summed E-state index contributed by atoms with van der Waals surface area (Å²) in [7, 11) is 0. The van der Waals surface area contributed by atoms with Crippen LogP contribution >= 0.6 is 11.5 Å². The van der Waals surface area contributed by atoms with E-state index >= 15 is 0 Å². The Hall–Kier alpha value is -0.970. The molecule has 0 saturated heterocycles. The van der Waals surface area contributed by atoms with Crippen molar-refractivity contribution in [1.82, 2.24) is 9.36 Å². The van der Waals surface area contributed by atoms with E-state index in [1.54, 1.807) is 0 Å². The van der Waals surface area contributed by atoms with Crippen LogP contribution in [0.2, 0.25) is 0 Å². The molecule has 1 N–H and O–H groups in total. The summed E-state index contributed by atoms with van der Waals surface area (Å²) < 4.78 is 4.05. The molecule has 1 atom stereocenters. The van der Waals surface area contributed by atoms with Crippen molar-refractivity contribution < 1.29 is 9.90 Å². The molecular weight excluding hydrogens is 188 g/mol. The van der Waals surface area contributed by atoms with Crippen LogP contribution in [0.15, 0.2) is 0 Å². The van der Waals surface area contributed by atoms with Gasteiger partial charge in [-0.25, -0.2) is 4.98 Å². The van der Waals surface area contributed by atoms with Gasteiger partial charge in [0.2, 0.25) is 0 Å². The lowest BCUT2D eigenvalue weighted by Gasteiger charge is -2.03. The Labute approximate surface area is 80.8 Å². The van der Waals surface area contributed by atoms with E-state index in [1.165, 1.54) is 11.5 Å². The van der Waals surface area contributed by atoms with Gasteiger partial charge < -0.3 is 5.11 Å². The van der Waals surface area contributed by atoms with Crippen molar-refractivity contribution in [2.24, 2.45) is 0 Å². The number of carboxylic acids is 1. The zero-order chi connectivity index (χ0) is 9.84. The Morgan fingerprint density at radius 1 is 1.62 bits per heavy atom. The van der Waals surface area contributed by atoms with Gasteiger partial charge in [-0.3, -0.25) is 4.79 Å². The highest BCUT2D eigenvalue weighted by Gasteiger charge is 2.21. The monoisotopic (exact) mass is 200 g/mol. The van der Waals surface area contributed by atoms with Crippen molar-refractivity contribution in [3.8, 4) is 0 Å². The molecule has 1 aromatic rings. The van der Waals surface area contributed by atoms with Gasteiger partial charge in [0, 0.05) is 6.42 Å². The van der Waals surface area contributed by atoms with E-state index in [2.05, 4.69) is 9.36 Å². The summed E-state index contributed by atoms with van der Waals surface area (Å²) in [6.45, 7) is 3.79. The summed E-state index contributed by atoms with van der Waals surface area (Å²) >= 11 is 1.19. The lowest BCUT2D eigenvalue weighted by atomic mass is 10.1. The molecule has 4 nitrogen and oxygen atoms in total. The predicted molar refractivity (Wildman–Crippen MR) is 50.0 cm³/mol. The highest BCUT2D eigenvalue weighted by atomic mass is 32.1. The molecule has 0 aliphatic heterocycles. The van der Waals surface area contributed by atoms with Gasteiger partial charge in [-0.1, -0.05) is 13.8 Å². The van der Waals surface area contributed by atoms with Gasteiger partial charge >= 0.3 is 5.97 Å². The van der Waals surface area contributed by atoms with E-state index < -0.39 is 11.9 Å². The summed E-state index contributed by atoms with van der Waals surface area (Å²) in [6, 6.07) is 0. The lowest BCUT2D eigenvalue weighted by molar-refractivity contribution is -0.138. The zero-order valence-electron chi connectivity index (χ0n) is 7.65. The third kappa shape index (κ3) is 2.24. The highest BCUT2D eigenvalue weighted by Crippen LogP contribution is 2.21. The molecule has 0 fully saturated rings. The molecule has 0 spiro atoms. The number of nitrogens with zero attached hydrogens (tertiary/aromatic N) is 2. The summed E-state index contributed by atoms with van der Waals surface area (Å²) in [5.74, 6) is -0.571. The third-order valence-corrected chi connectivity index (χ3v) is 2.67. The normalized spacial score (nSPS) is 12.8. The number of hydrogen-bond acceptors (Lipinski definition) is 4. The average molecular weight is 200 g/mol. The van der Waals surface area contributed by atoms with Crippen molar-refractivity contribution in [2.45, 2.75) is 32.6 Å². The Morgan fingerprint density at radius 3 is 2.69 bits per heavy atom. The molecule has 0 bridgehead atoms. The largest absolute Gasteiger partial charge is 0.481 e. The second-order valence-electron chi connectivity index (χ2n) is 2.70. The maximum absolute atomic E-state index is 10.8. The minimum absolute atomic E-state index is 0.488. The van der Waals surface area contributed by atoms with E-state index in [0.29, 0.717) is 11.4 Å². The molecule has 0 amide bonds. The maximum atomic E-state index is 10.8. The van der Waals surface area contributed by atoms with Gasteiger partial charge in [-0.2, -0.15) is 4.37 Å². The molecular formula is C8H12N2O2S. The fraction of sp³-hybridized carbons (Fsp3) is 0.625. The number of aromatic nitrogens is 2. The number of hydrogen-bond donors (Lipinski definition) is 1. The first-order valence-electron chi connectivity index (χ1n) is 4.24. The SMILES string of the molecule is CCc1nsc(C(CC)C(=O)O)n1. The smallest absolute Gasteiger partial charge is 0.313 e. The van der Waals surface area contributed by atoms with E-state index in [1.807, 2.05) is 13.8 Å². The Morgan fingerprint density at radius 2 is 2.31 bits per heavy atom. The van der Waals surface area contributed by atoms with Crippen LogP contribution in [0.1, 0.15) is 37.0 Å². The zero-order valence-corrected chi connectivity index (χ0v) is 8.47. The van der Waals surface area contributed by atoms with Crippen molar-refractivity contribution >= 4 is 17.5 Å². The van der Waals surface area contributed by atoms with Gasteiger partial charge in [0.05, 0.1) is 0 Å². The number of rotatable bonds is 4. The van der Waals surface area contributed by atoms with E-state index in [4.69, 9.17) is 5.11 Å². The van der Waals surface area contributed by atoms with Crippen LogP contribution in [0.4, 0.5) is 0 Å². The second kappa shape index (κ2) is 4.32. The molecule has 0 radical (unpaired) electrons. The van der Waals surface area contributed by atoms with Crippen LogP contribution < -0.4 is 0 Å². The standard InChI is InChI=1S/C8H12N2O2S/c1-3-5(8(11)12)7-9-6(4-2)10-13-7/h5H,3-4H2,1-2H3,(H,11,12). The first-order chi connectivity index (χ1) is 6.19. The molecule has 72 valence electrons. The molecule has 1 unspecified atom stereocenters. The quantitative estimate of drug-likeness (QED) is 0.803. The predicted octanol–water partition coefficient (Wildman–Crippen LogP) is 1.68. The topological polar surface area (TPSA) is 63.1 Å². The summed E-state index contributed by atoms with van der Waals surface area (Å²) in [5, 5.41) is 9.46. The third-order valence-electron chi connectivity index (χ3n) is 1.80. The second-order valence-corrected chi connectivity index (χ2v) is 3.48. The van der Waals surface area contributed by atoms with Crippen molar-refractivity contribution in [3.63, 3.8) is 0 Å². The first kappa shape index (κ1) is 10.1. The van der Waals surface area contributed by atoms with E-state index in [9.17, 15) is 4.79 Å². The summed E-state index contributed by atoms with van der Waals surface area (Å²) in [4.78, 5) is 14.9. The van der Waals surface area contributed by atoms with Crippen LogP contribution in [0.3, 0.4) is 0 Å². The van der Waals surface area contributed by atoms with Crippen molar-refractivity contribution in [1.29, 1.82) is 0 Å². The van der Waals surface area contributed by atoms with Crippen LogP contribution in [0.25, 0.3) is 0 Å². The molecule has 0 aliphatic carbocycles. The molecule has 1 rings (SSSR count). The molecule has 0 aliphatic rings. The average Bonchev–Trinajstić information content (AvgIpc) is 2.53. The highest BCUT2D eigenvalue weighted by molar-refractivity contribution is 7.05. The van der Waals surface area contributed by atoms with Gasteiger partial charge in [-0.15, -0.1) is 0 Å². The Kier molecular flexibility index (Phi) is 3.36. The molecule has 13 heavy (non-hydrogen) atoms. The Bertz CT molecular complexity index is 298. The molecule has 1 aromatic heterocycles. The number of carboxylic acid groups (broad SMARTS) is 1. The van der Waals surface area contributed by atoms with E-state index in [-0.39, 0.29) is 0 Å². The first-order valence-corrected chi connectivity index (χ1v) is 5.01. The van der Waals surface area contributed by atoms with E-state index in [0.717, 1.165) is 12.2 Å². The van der Waals surface area contributed by atoms with Crippen LogP contribution in [-0.2, 0) is 11.2 Å². The van der Waals surface area contributed by atoms with Crippen molar-refractivity contribution in [3.05, 3.63) is 10.8 Å². The molecule has 0 aromatic carbocycles. The molecule has 0 saturated carbocycles. The maximum Gasteiger partial charge on any atom is 0.313 e. The minimum atomic E-state index is -0.818. The van der Waals surface area contributed by atoms with Gasteiger partial charge in [0.25, 0.3) is 0 Å². The number of carbonyl (C=O) groups is 1. The van der Waals surface area contributed by atoms with Crippen molar-refractivity contribution in [2.75, 3.05) is 0 Å². The fourth-order valence-electron chi connectivity index (χ4n) is 1.01. The number of aliphatic carboxylic acids is 1. The van der Waals surface area contributed by atoms with Crippen LogP contribution in [0, 0.1) is 0 Å². The van der Waals surface area contributed by atoms with Gasteiger partial charge in [0.15, 0.2) is 0 Å². The van der Waals surface area contributed by atoms with Gasteiger partial charge in [-0.05, 0) is 18.0 Å². The van der Waals surface area contributed by atoms with Crippen LogP contribution in [0.5, 0.6) is 0 Å². The fourth-order valence-corrected chi connectivity index (χ4v) is 1.92. The Balaban J connectivity index is 2.85.